The van der Waals surface area contributed by atoms with Crippen molar-refractivity contribution in [1.82, 2.24) is 4.31 Å². The van der Waals surface area contributed by atoms with Gasteiger partial charge in [-0.05, 0) is 60.9 Å². The van der Waals surface area contributed by atoms with Crippen LogP contribution in [-0.2, 0) is 10.0 Å². The Bertz CT molecular complexity index is 974. The van der Waals surface area contributed by atoms with Crippen molar-refractivity contribution in [2.75, 3.05) is 20.2 Å². The zero-order chi connectivity index (χ0) is 20.1. The number of aromatic hydroxyl groups is 1. The van der Waals surface area contributed by atoms with Crippen LogP contribution in [0, 0.1) is 0 Å². The second-order valence-corrected chi connectivity index (χ2v) is 8.56. The number of nitrogens with zero attached hydrogens (tertiary/aromatic N) is 1. The van der Waals surface area contributed by atoms with Crippen molar-refractivity contribution in [2.24, 2.45) is 0 Å². The summed E-state index contributed by atoms with van der Waals surface area (Å²) in [5.41, 5.74) is 1.04. The Hall–Kier alpha value is -2.64. The summed E-state index contributed by atoms with van der Waals surface area (Å²) < 4.78 is 31.8. The van der Waals surface area contributed by atoms with Gasteiger partial charge >= 0.3 is 0 Å². The molecular weight excluding hydrogens is 378 g/mol. The molecule has 2 aromatic rings. The van der Waals surface area contributed by atoms with Crippen molar-refractivity contribution in [3.05, 3.63) is 59.7 Å². The van der Waals surface area contributed by atoms with E-state index in [9.17, 15) is 18.3 Å². The normalized spacial score (nSPS) is 15.6. The van der Waals surface area contributed by atoms with E-state index in [0.29, 0.717) is 30.0 Å². The first-order valence-corrected chi connectivity index (χ1v) is 10.6. The van der Waals surface area contributed by atoms with Crippen LogP contribution in [0.4, 0.5) is 0 Å². The monoisotopic (exact) mass is 401 g/mol. The lowest BCUT2D eigenvalue weighted by Gasteiger charge is -2.25. The van der Waals surface area contributed by atoms with Gasteiger partial charge in [-0.2, -0.15) is 4.31 Å². The van der Waals surface area contributed by atoms with Gasteiger partial charge in [-0.1, -0.05) is 18.6 Å². The van der Waals surface area contributed by atoms with Crippen molar-refractivity contribution in [2.45, 2.75) is 24.2 Å². The fourth-order valence-electron chi connectivity index (χ4n) is 3.12. The van der Waals surface area contributed by atoms with Crippen LogP contribution in [0.1, 0.15) is 35.2 Å². The molecule has 0 aromatic heterocycles. The molecule has 1 aliphatic rings. The number of benzene rings is 2. The van der Waals surface area contributed by atoms with Gasteiger partial charge in [-0.15, -0.1) is 0 Å². The van der Waals surface area contributed by atoms with Gasteiger partial charge < -0.3 is 9.84 Å². The third-order valence-electron chi connectivity index (χ3n) is 4.72. The number of carbonyl (C=O) groups is 1. The molecule has 148 valence electrons. The van der Waals surface area contributed by atoms with E-state index in [1.54, 1.807) is 18.2 Å². The van der Waals surface area contributed by atoms with Crippen LogP contribution in [0.3, 0.4) is 0 Å². The van der Waals surface area contributed by atoms with Crippen molar-refractivity contribution < 1.29 is 23.1 Å². The van der Waals surface area contributed by atoms with E-state index in [2.05, 4.69) is 0 Å². The number of phenolic OH excluding ortho intramolecular Hbond substituents is 1. The molecular formula is C21H23NO5S. The minimum atomic E-state index is -3.51. The number of methoxy groups -OCH3 is 1. The zero-order valence-corrected chi connectivity index (χ0v) is 16.5. The highest BCUT2D eigenvalue weighted by Gasteiger charge is 2.25. The van der Waals surface area contributed by atoms with Gasteiger partial charge in [-0.25, -0.2) is 8.42 Å². The summed E-state index contributed by atoms with van der Waals surface area (Å²) in [5.74, 6) is 0.0931. The molecule has 2 aromatic carbocycles. The van der Waals surface area contributed by atoms with E-state index >= 15 is 0 Å². The number of phenols is 1. The Kier molecular flexibility index (Phi) is 6.16. The molecule has 1 saturated heterocycles. The summed E-state index contributed by atoms with van der Waals surface area (Å²) in [4.78, 5) is 12.6. The third kappa shape index (κ3) is 4.43. The predicted molar refractivity (Wildman–Crippen MR) is 107 cm³/mol. The number of ether oxygens (including phenoxy) is 1. The molecule has 0 atom stereocenters. The van der Waals surface area contributed by atoms with Crippen molar-refractivity contribution in [3.63, 3.8) is 0 Å². The SMILES string of the molecule is COc1ccc(/C=C/C(=O)c2ccc(S(=O)(=O)N3CCCCC3)cc2)cc1O. The number of hydrogen-bond donors (Lipinski definition) is 1. The first kappa shape index (κ1) is 20.1. The number of hydrogen-bond acceptors (Lipinski definition) is 5. The fourth-order valence-corrected chi connectivity index (χ4v) is 4.64. The average molecular weight is 401 g/mol. The number of ketones is 1. The molecule has 0 aliphatic carbocycles. The summed E-state index contributed by atoms with van der Waals surface area (Å²) in [6.45, 7) is 1.08. The quantitative estimate of drug-likeness (QED) is 0.592. The lowest BCUT2D eigenvalue weighted by atomic mass is 10.1. The van der Waals surface area contributed by atoms with Crippen LogP contribution in [0.15, 0.2) is 53.4 Å². The van der Waals surface area contributed by atoms with E-state index in [1.165, 1.54) is 47.8 Å². The average Bonchev–Trinajstić information content (AvgIpc) is 2.73. The van der Waals surface area contributed by atoms with E-state index < -0.39 is 10.0 Å². The standard InChI is InChI=1S/C21H23NO5S/c1-27-21-12-6-16(15-20(21)24)5-11-19(23)17-7-9-18(10-8-17)28(25,26)22-13-3-2-4-14-22/h5-12,15,24H,2-4,13-14H2,1H3/b11-5+. The smallest absolute Gasteiger partial charge is 0.243 e. The van der Waals surface area contributed by atoms with E-state index in [-0.39, 0.29) is 16.4 Å². The Morgan fingerprint density at radius 1 is 1.07 bits per heavy atom. The first-order valence-electron chi connectivity index (χ1n) is 9.11. The van der Waals surface area contributed by atoms with Gasteiger partial charge in [0.25, 0.3) is 0 Å². The molecule has 1 fully saturated rings. The highest BCUT2D eigenvalue weighted by molar-refractivity contribution is 7.89. The number of carbonyl (C=O) groups excluding carboxylic acids is 1. The molecule has 3 rings (SSSR count). The van der Waals surface area contributed by atoms with Gasteiger partial charge in [0.15, 0.2) is 17.3 Å². The van der Waals surface area contributed by atoms with E-state index in [0.717, 1.165) is 19.3 Å². The number of piperidine rings is 1. The molecule has 6 nitrogen and oxygen atoms in total. The second kappa shape index (κ2) is 8.58. The van der Waals surface area contributed by atoms with Crippen LogP contribution in [0.5, 0.6) is 11.5 Å². The van der Waals surface area contributed by atoms with Crippen LogP contribution < -0.4 is 4.74 Å². The van der Waals surface area contributed by atoms with Crippen LogP contribution in [0.25, 0.3) is 6.08 Å². The third-order valence-corrected chi connectivity index (χ3v) is 6.63. The molecule has 0 radical (unpaired) electrons. The predicted octanol–water partition coefficient (Wildman–Crippen LogP) is 3.47. The maximum atomic E-state index is 12.7. The maximum Gasteiger partial charge on any atom is 0.243 e. The Morgan fingerprint density at radius 3 is 2.36 bits per heavy atom. The number of allylic oxidation sites excluding steroid dienone is 1. The molecule has 1 heterocycles. The summed E-state index contributed by atoms with van der Waals surface area (Å²) >= 11 is 0. The summed E-state index contributed by atoms with van der Waals surface area (Å²) in [5, 5.41) is 9.78. The van der Waals surface area contributed by atoms with Gasteiger partial charge in [0.2, 0.25) is 10.0 Å². The summed E-state index contributed by atoms with van der Waals surface area (Å²) in [7, 11) is -2.05. The Labute approximate surface area is 165 Å². The topological polar surface area (TPSA) is 83.9 Å². The van der Waals surface area contributed by atoms with Crippen LogP contribution >= 0.6 is 0 Å². The minimum absolute atomic E-state index is 0.00984. The molecule has 0 saturated carbocycles. The van der Waals surface area contributed by atoms with E-state index in [4.69, 9.17) is 4.74 Å². The molecule has 7 heteroatoms. The van der Waals surface area contributed by atoms with Gasteiger partial charge in [0, 0.05) is 18.7 Å². The molecule has 0 amide bonds. The zero-order valence-electron chi connectivity index (χ0n) is 15.7. The van der Waals surface area contributed by atoms with Crippen molar-refractivity contribution >= 4 is 21.9 Å². The van der Waals surface area contributed by atoms with Gasteiger partial charge in [0.05, 0.1) is 12.0 Å². The highest BCUT2D eigenvalue weighted by Crippen LogP contribution is 2.27. The highest BCUT2D eigenvalue weighted by atomic mass is 32.2. The fraction of sp³-hybridized carbons (Fsp3) is 0.286. The van der Waals surface area contributed by atoms with Crippen molar-refractivity contribution in [3.8, 4) is 11.5 Å². The largest absolute Gasteiger partial charge is 0.504 e. The second-order valence-electron chi connectivity index (χ2n) is 6.62. The van der Waals surface area contributed by atoms with Crippen LogP contribution in [-0.4, -0.2) is 43.8 Å². The molecule has 1 N–H and O–H groups in total. The maximum absolute atomic E-state index is 12.7. The molecule has 1 aliphatic heterocycles. The first-order chi connectivity index (χ1) is 13.4. The number of sulfonamides is 1. The Morgan fingerprint density at radius 2 is 1.75 bits per heavy atom. The molecule has 0 spiro atoms. The lowest BCUT2D eigenvalue weighted by molar-refractivity contribution is 0.104. The molecule has 28 heavy (non-hydrogen) atoms. The van der Waals surface area contributed by atoms with Gasteiger partial charge in [-0.3, -0.25) is 4.79 Å². The molecule has 0 bridgehead atoms. The van der Waals surface area contributed by atoms with Crippen molar-refractivity contribution in [1.29, 1.82) is 0 Å². The Balaban J connectivity index is 1.72. The summed E-state index contributed by atoms with van der Waals surface area (Å²) in [6, 6.07) is 10.8. The lowest BCUT2D eigenvalue weighted by Crippen LogP contribution is -2.35. The molecule has 0 unspecified atom stereocenters. The van der Waals surface area contributed by atoms with Crippen LogP contribution in [0.2, 0.25) is 0 Å². The summed E-state index contributed by atoms with van der Waals surface area (Å²) in [6.07, 6.45) is 5.77. The van der Waals surface area contributed by atoms with Gasteiger partial charge in [0.1, 0.15) is 0 Å². The minimum Gasteiger partial charge on any atom is -0.504 e. The number of rotatable bonds is 6. The van der Waals surface area contributed by atoms with E-state index in [1.807, 2.05) is 0 Å².